The van der Waals surface area contributed by atoms with Gasteiger partial charge in [-0.05, 0) is 74.9 Å². The molecule has 2 aromatic rings. The van der Waals surface area contributed by atoms with Crippen LogP contribution in [0.4, 0.5) is 4.39 Å². The molecule has 1 saturated carbocycles. The Morgan fingerprint density at radius 1 is 0.946 bits per heavy atom. The number of aryl methyl sites for hydroxylation is 1. The lowest BCUT2D eigenvalue weighted by Gasteiger charge is -2.33. The van der Waals surface area contributed by atoms with Crippen LogP contribution < -0.4 is 14.8 Å². The first kappa shape index (κ1) is 28.5. The Kier molecular flexibility index (Phi) is 11.2. The van der Waals surface area contributed by atoms with Crippen LogP contribution in [0.5, 0.6) is 11.5 Å². The van der Waals surface area contributed by atoms with Gasteiger partial charge in [0.1, 0.15) is 11.9 Å². The van der Waals surface area contributed by atoms with E-state index in [-0.39, 0.29) is 36.6 Å². The first-order valence-corrected chi connectivity index (χ1v) is 13.7. The maximum absolute atomic E-state index is 13.6. The van der Waals surface area contributed by atoms with Gasteiger partial charge in [0, 0.05) is 19.0 Å². The van der Waals surface area contributed by atoms with Gasteiger partial charge >= 0.3 is 0 Å². The average Bonchev–Trinajstić information content (AvgIpc) is 2.90. The number of nitrogens with one attached hydrogen (secondary N) is 1. The highest BCUT2D eigenvalue weighted by molar-refractivity contribution is 5.88. The third-order valence-electron chi connectivity index (χ3n) is 6.84. The summed E-state index contributed by atoms with van der Waals surface area (Å²) in [5.41, 5.74) is 1.75. The molecule has 0 aromatic heterocycles. The first-order valence-electron chi connectivity index (χ1n) is 13.7. The van der Waals surface area contributed by atoms with Gasteiger partial charge in [-0.15, -0.1) is 0 Å². The SMILES string of the molecule is CCOc1ccc(CCC(=O)N(Cc2ccc(F)cc2)[C@@H](CC)C(=O)NC2CCCCC2)cc1OCC. The van der Waals surface area contributed by atoms with Crippen molar-refractivity contribution in [1.29, 1.82) is 0 Å². The van der Waals surface area contributed by atoms with E-state index in [1.807, 2.05) is 39.0 Å². The number of carbonyl (C=O) groups excluding carboxylic acids is 2. The third-order valence-corrected chi connectivity index (χ3v) is 6.84. The summed E-state index contributed by atoms with van der Waals surface area (Å²) in [6, 6.07) is 11.4. The number of benzene rings is 2. The normalized spacial score (nSPS) is 14.6. The van der Waals surface area contributed by atoms with Crippen molar-refractivity contribution >= 4 is 11.8 Å². The molecular weight excluding hydrogens is 471 g/mol. The highest BCUT2D eigenvalue weighted by Crippen LogP contribution is 2.29. The molecule has 3 rings (SSSR count). The van der Waals surface area contributed by atoms with Crippen molar-refractivity contribution in [2.75, 3.05) is 13.2 Å². The lowest BCUT2D eigenvalue weighted by atomic mass is 9.95. The fourth-order valence-electron chi connectivity index (χ4n) is 4.90. The lowest BCUT2D eigenvalue weighted by Crippen LogP contribution is -2.51. The van der Waals surface area contributed by atoms with E-state index in [1.54, 1.807) is 17.0 Å². The van der Waals surface area contributed by atoms with E-state index in [1.165, 1.54) is 18.6 Å². The molecule has 0 heterocycles. The van der Waals surface area contributed by atoms with Crippen molar-refractivity contribution in [2.24, 2.45) is 0 Å². The van der Waals surface area contributed by atoms with Crippen LogP contribution >= 0.6 is 0 Å². The quantitative estimate of drug-likeness (QED) is 0.368. The fourth-order valence-corrected chi connectivity index (χ4v) is 4.90. The van der Waals surface area contributed by atoms with E-state index in [2.05, 4.69) is 5.32 Å². The van der Waals surface area contributed by atoms with Crippen LogP contribution in [0.15, 0.2) is 42.5 Å². The molecule has 1 N–H and O–H groups in total. The van der Waals surface area contributed by atoms with Gasteiger partial charge in [0.05, 0.1) is 13.2 Å². The smallest absolute Gasteiger partial charge is 0.243 e. The molecule has 0 spiro atoms. The summed E-state index contributed by atoms with van der Waals surface area (Å²) >= 11 is 0. The largest absolute Gasteiger partial charge is 0.490 e. The van der Waals surface area contributed by atoms with Gasteiger partial charge in [-0.1, -0.05) is 44.4 Å². The molecule has 2 amide bonds. The third kappa shape index (κ3) is 8.48. The van der Waals surface area contributed by atoms with Gasteiger partial charge in [0.2, 0.25) is 11.8 Å². The molecule has 0 saturated heterocycles. The standard InChI is InChI=1S/C30H41FN2O4/c1-4-26(30(35)32-25-10-8-7-9-11-25)33(21-23-12-16-24(31)17-13-23)29(34)19-15-22-14-18-27(36-5-2)28(20-22)37-6-3/h12-14,16-18,20,25-26H,4-11,15,19,21H2,1-3H3,(H,32,35)/t26-/m0/s1. The van der Waals surface area contributed by atoms with Crippen molar-refractivity contribution in [3.8, 4) is 11.5 Å². The molecule has 202 valence electrons. The molecule has 1 atom stereocenters. The molecule has 6 nitrogen and oxygen atoms in total. The van der Waals surface area contributed by atoms with Gasteiger partial charge in [-0.2, -0.15) is 0 Å². The minimum absolute atomic E-state index is 0.107. The van der Waals surface area contributed by atoms with Gasteiger partial charge in [-0.25, -0.2) is 4.39 Å². The molecule has 7 heteroatoms. The van der Waals surface area contributed by atoms with Gasteiger partial charge in [0.25, 0.3) is 0 Å². The Bertz CT molecular complexity index is 1010. The summed E-state index contributed by atoms with van der Waals surface area (Å²) in [7, 11) is 0. The second kappa shape index (κ2) is 14.6. The van der Waals surface area contributed by atoms with E-state index >= 15 is 0 Å². The molecule has 0 unspecified atom stereocenters. The highest BCUT2D eigenvalue weighted by Gasteiger charge is 2.30. The number of nitrogens with zero attached hydrogens (tertiary/aromatic N) is 1. The van der Waals surface area contributed by atoms with Gasteiger partial charge < -0.3 is 19.7 Å². The average molecular weight is 513 g/mol. The summed E-state index contributed by atoms with van der Waals surface area (Å²) in [5, 5.41) is 3.19. The van der Waals surface area contributed by atoms with Crippen LogP contribution in [-0.4, -0.2) is 42.0 Å². The van der Waals surface area contributed by atoms with E-state index in [9.17, 15) is 14.0 Å². The molecule has 1 aliphatic carbocycles. The number of halogens is 1. The Morgan fingerprint density at radius 3 is 2.24 bits per heavy atom. The molecule has 0 aliphatic heterocycles. The maximum atomic E-state index is 13.6. The Hall–Kier alpha value is -3.09. The molecule has 1 aliphatic rings. The zero-order chi connectivity index (χ0) is 26.6. The molecule has 0 bridgehead atoms. The predicted octanol–water partition coefficient (Wildman–Crippen LogP) is 5.81. The number of amides is 2. The summed E-state index contributed by atoms with van der Waals surface area (Å²) in [4.78, 5) is 28.6. The van der Waals surface area contributed by atoms with Crippen LogP contribution in [0.25, 0.3) is 0 Å². The summed E-state index contributed by atoms with van der Waals surface area (Å²) in [5.74, 6) is 0.800. The number of rotatable bonds is 13. The molecule has 37 heavy (non-hydrogen) atoms. The minimum Gasteiger partial charge on any atom is -0.490 e. The van der Waals surface area contributed by atoms with Crippen LogP contribution in [0.3, 0.4) is 0 Å². The molecular formula is C30H41FN2O4. The number of carbonyl (C=O) groups is 2. The summed E-state index contributed by atoms with van der Waals surface area (Å²) in [6.45, 7) is 7.08. The van der Waals surface area contributed by atoms with Gasteiger partial charge in [-0.3, -0.25) is 9.59 Å². The maximum Gasteiger partial charge on any atom is 0.243 e. The van der Waals surface area contributed by atoms with E-state index in [0.717, 1.165) is 36.8 Å². The van der Waals surface area contributed by atoms with E-state index in [4.69, 9.17) is 9.47 Å². The van der Waals surface area contributed by atoms with E-state index in [0.29, 0.717) is 37.6 Å². The van der Waals surface area contributed by atoms with Crippen molar-refractivity contribution in [2.45, 2.75) is 90.8 Å². The van der Waals surface area contributed by atoms with Crippen LogP contribution in [-0.2, 0) is 22.6 Å². The number of hydrogen-bond donors (Lipinski definition) is 1. The number of hydrogen-bond acceptors (Lipinski definition) is 4. The summed E-state index contributed by atoms with van der Waals surface area (Å²) < 4.78 is 24.9. The molecule has 1 fully saturated rings. The van der Waals surface area contributed by atoms with Crippen LogP contribution in [0.1, 0.15) is 76.8 Å². The Balaban J connectivity index is 1.76. The Morgan fingerprint density at radius 2 is 1.59 bits per heavy atom. The van der Waals surface area contributed by atoms with Crippen LogP contribution in [0.2, 0.25) is 0 Å². The predicted molar refractivity (Wildman–Crippen MR) is 143 cm³/mol. The first-order chi connectivity index (χ1) is 17.9. The second-order valence-electron chi connectivity index (χ2n) is 9.56. The summed E-state index contributed by atoms with van der Waals surface area (Å²) in [6.07, 6.45) is 6.65. The minimum atomic E-state index is -0.584. The van der Waals surface area contributed by atoms with Crippen molar-refractivity contribution in [3.63, 3.8) is 0 Å². The topological polar surface area (TPSA) is 67.9 Å². The molecule has 0 radical (unpaired) electrons. The zero-order valence-corrected chi connectivity index (χ0v) is 22.4. The van der Waals surface area contributed by atoms with Crippen molar-refractivity contribution < 1.29 is 23.5 Å². The zero-order valence-electron chi connectivity index (χ0n) is 22.4. The fraction of sp³-hybridized carbons (Fsp3) is 0.533. The van der Waals surface area contributed by atoms with Crippen LogP contribution in [0, 0.1) is 5.82 Å². The monoisotopic (exact) mass is 512 g/mol. The second-order valence-corrected chi connectivity index (χ2v) is 9.56. The lowest BCUT2D eigenvalue weighted by molar-refractivity contribution is -0.141. The van der Waals surface area contributed by atoms with E-state index < -0.39 is 6.04 Å². The van der Waals surface area contributed by atoms with Crippen molar-refractivity contribution in [3.05, 3.63) is 59.4 Å². The van der Waals surface area contributed by atoms with Gasteiger partial charge in [0.15, 0.2) is 11.5 Å². The Labute approximate surface area is 220 Å². The number of ether oxygens (including phenoxy) is 2. The molecule has 2 aromatic carbocycles. The highest BCUT2D eigenvalue weighted by atomic mass is 19.1. The van der Waals surface area contributed by atoms with Crippen molar-refractivity contribution in [1.82, 2.24) is 10.2 Å².